The van der Waals surface area contributed by atoms with Crippen LogP contribution in [0.15, 0.2) is 30.3 Å². The molecule has 0 aromatic heterocycles. The van der Waals surface area contributed by atoms with Crippen LogP contribution in [-0.4, -0.2) is 60.9 Å². The lowest BCUT2D eigenvalue weighted by molar-refractivity contribution is -0.145. The molecule has 9 heteroatoms. The number of hydrogen-bond acceptors (Lipinski definition) is 7. The number of thioether (sulfide) groups is 1. The molecule has 1 rings (SSSR count). The predicted molar refractivity (Wildman–Crippen MR) is 97.6 cm³/mol. The first-order valence-corrected chi connectivity index (χ1v) is 9.36. The fraction of sp³-hybridized carbons (Fsp3) is 0.471. The summed E-state index contributed by atoms with van der Waals surface area (Å²) in [4.78, 5) is 35.8. The molecule has 0 spiro atoms. The van der Waals surface area contributed by atoms with Crippen molar-refractivity contribution in [2.45, 2.75) is 25.1 Å². The zero-order valence-corrected chi connectivity index (χ0v) is 15.6. The number of aliphatic hydroxyl groups excluding tert-OH is 1. The number of esters is 1. The van der Waals surface area contributed by atoms with Crippen LogP contribution in [0, 0.1) is 0 Å². The zero-order chi connectivity index (χ0) is 19.4. The number of benzene rings is 1. The Balaban J connectivity index is 2.55. The van der Waals surface area contributed by atoms with Crippen LogP contribution in [0.2, 0.25) is 0 Å². The molecule has 26 heavy (non-hydrogen) atoms. The Kier molecular flexibility index (Phi) is 10.2. The van der Waals surface area contributed by atoms with E-state index in [0.29, 0.717) is 12.2 Å². The van der Waals surface area contributed by atoms with Gasteiger partial charge < -0.3 is 25.2 Å². The molecule has 1 aromatic rings. The molecule has 0 saturated carbocycles. The van der Waals surface area contributed by atoms with Gasteiger partial charge in [0, 0.05) is 0 Å². The smallest absolute Gasteiger partial charge is 0.408 e. The molecule has 2 amide bonds. The summed E-state index contributed by atoms with van der Waals surface area (Å²) in [6.07, 6.45) is 1.40. The minimum absolute atomic E-state index is 0.0327. The van der Waals surface area contributed by atoms with Gasteiger partial charge in [-0.2, -0.15) is 11.8 Å². The van der Waals surface area contributed by atoms with Crippen LogP contribution in [-0.2, 0) is 25.7 Å². The lowest BCUT2D eigenvalue weighted by Gasteiger charge is -2.20. The molecule has 1 aromatic carbocycles. The first kappa shape index (κ1) is 21.8. The third-order valence-corrected chi connectivity index (χ3v) is 4.06. The van der Waals surface area contributed by atoms with E-state index in [0.717, 1.165) is 5.56 Å². The van der Waals surface area contributed by atoms with Crippen molar-refractivity contribution >= 4 is 29.7 Å². The second kappa shape index (κ2) is 12.2. The molecule has 144 valence electrons. The number of ether oxygens (including phenoxy) is 2. The Morgan fingerprint density at radius 3 is 2.42 bits per heavy atom. The van der Waals surface area contributed by atoms with Gasteiger partial charge in [-0.25, -0.2) is 9.59 Å². The third kappa shape index (κ3) is 7.75. The van der Waals surface area contributed by atoms with Crippen molar-refractivity contribution in [2.24, 2.45) is 0 Å². The van der Waals surface area contributed by atoms with Crippen LogP contribution >= 0.6 is 11.8 Å². The van der Waals surface area contributed by atoms with Crippen molar-refractivity contribution in [3.8, 4) is 0 Å². The van der Waals surface area contributed by atoms with E-state index >= 15 is 0 Å². The van der Waals surface area contributed by atoms with Crippen molar-refractivity contribution in [1.82, 2.24) is 10.6 Å². The quantitative estimate of drug-likeness (QED) is 0.508. The minimum atomic E-state index is -1.24. The van der Waals surface area contributed by atoms with Gasteiger partial charge in [0.25, 0.3) is 0 Å². The van der Waals surface area contributed by atoms with Crippen LogP contribution in [0.1, 0.15) is 12.0 Å². The molecule has 0 fully saturated rings. The van der Waals surface area contributed by atoms with Gasteiger partial charge in [-0.05, 0) is 24.0 Å². The van der Waals surface area contributed by atoms with Crippen LogP contribution in [0.4, 0.5) is 4.79 Å². The maximum atomic E-state index is 12.2. The highest BCUT2D eigenvalue weighted by Gasteiger charge is 2.27. The highest BCUT2D eigenvalue weighted by atomic mass is 32.2. The highest BCUT2D eigenvalue weighted by Crippen LogP contribution is 2.04. The summed E-state index contributed by atoms with van der Waals surface area (Å²) in [6, 6.07) is 6.94. The molecule has 2 atom stereocenters. The largest absolute Gasteiger partial charge is 0.467 e. The maximum absolute atomic E-state index is 12.2. The van der Waals surface area contributed by atoms with Crippen LogP contribution in [0.25, 0.3) is 0 Å². The average Bonchev–Trinajstić information content (AvgIpc) is 2.67. The van der Waals surface area contributed by atoms with Crippen molar-refractivity contribution in [2.75, 3.05) is 25.7 Å². The molecule has 0 heterocycles. The molecular weight excluding hydrogens is 360 g/mol. The van der Waals surface area contributed by atoms with E-state index in [2.05, 4.69) is 15.4 Å². The van der Waals surface area contributed by atoms with Gasteiger partial charge in [-0.3, -0.25) is 4.79 Å². The Morgan fingerprint density at radius 2 is 1.85 bits per heavy atom. The Bertz CT molecular complexity index is 584. The molecule has 3 N–H and O–H groups in total. The molecule has 0 saturated heterocycles. The van der Waals surface area contributed by atoms with Crippen molar-refractivity contribution in [1.29, 1.82) is 0 Å². The van der Waals surface area contributed by atoms with Crippen LogP contribution < -0.4 is 10.6 Å². The number of hydrogen-bond donors (Lipinski definition) is 3. The molecule has 8 nitrogen and oxygen atoms in total. The number of amides is 2. The molecule has 0 aliphatic rings. The lowest BCUT2D eigenvalue weighted by Crippen LogP contribution is -2.53. The topological polar surface area (TPSA) is 114 Å². The summed E-state index contributed by atoms with van der Waals surface area (Å²) in [7, 11) is 1.23. The van der Waals surface area contributed by atoms with E-state index in [1.165, 1.54) is 18.9 Å². The van der Waals surface area contributed by atoms with E-state index in [1.807, 2.05) is 24.5 Å². The summed E-state index contributed by atoms with van der Waals surface area (Å²) in [6.45, 7) is -0.604. The van der Waals surface area contributed by atoms with Crippen LogP contribution in [0.3, 0.4) is 0 Å². The zero-order valence-electron chi connectivity index (χ0n) is 14.8. The van der Waals surface area contributed by atoms with Gasteiger partial charge in [0.2, 0.25) is 5.91 Å². The number of methoxy groups -OCH3 is 1. The van der Waals surface area contributed by atoms with Gasteiger partial charge in [0.15, 0.2) is 0 Å². The van der Waals surface area contributed by atoms with Gasteiger partial charge in [0.05, 0.1) is 13.7 Å². The number of aliphatic hydroxyl groups is 1. The summed E-state index contributed by atoms with van der Waals surface area (Å²) >= 11 is 1.52. The minimum Gasteiger partial charge on any atom is -0.467 e. The normalized spacial score (nSPS) is 12.6. The lowest BCUT2D eigenvalue weighted by atomic mass is 10.2. The van der Waals surface area contributed by atoms with E-state index in [-0.39, 0.29) is 6.61 Å². The van der Waals surface area contributed by atoms with E-state index in [9.17, 15) is 19.5 Å². The number of carbonyl (C=O) groups is 3. The number of rotatable bonds is 10. The third-order valence-electron chi connectivity index (χ3n) is 3.42. The Morgan fingerprint density at radius 1 is 1.15 bits per heavy atom. The first-order valence-electron chi connectivity index (χ1n) is 7.97. The van der Waals surface area contributed by atoms with Crippen molar-refractivity contribution in [3.05, 3.63) is 35.9 Å². The fourth-order valence-electron chi connectivity index (χ4n) is 2.00. The standard InChI is InChI=1S/C17H24N2O6S/c1-24-16(22)13(8-9-26-2)18-15(21)14(10-20)19-17(23)25-11-12-6-4-3-5-7-12/h3-7,13-14,20H,8-11H2,1-2H3,(H,18,21)(H,19,23)/t13-,14+/m0/s1. The molecule has 0 unspecified atom stereocenters. The summed E-state index contributed by atoms with van der Waals surface area (Å²) < 4.78 is 9.67. The van der Waals surface area contributed by atoms with E-state index in [4.69, 9.17) is 4.74 Å². The number of alkyl carbamates (subject to hydrolysis) is 1. The van der Waals surface area contributed by atoms with Gasteiger partial charge >= 0.3 is 12.1 Å². The summed E-state index contributed by atoms with van der Waals surface area (Å²) in [5, 5.41) is 14.1. The Labute approximate surface area is 156 Å². The van der Waals surface area contributed by atoms with Gasteiger partial charge in [-0.15, -0.1) is 0 Å². The SMILES string of the molecule is COC(=O)[C@H](CCSC)NC(=O)[C@@H](CO)NC(=O)OCc1ccccc1. The fourth-order valence-corrected chi connectivity index (χ4v) is 2.47. The number of nitrogens with one attached hydrogen (secondary N) is 2. The Hall–Kier alpha value is -2.26. The second-order valence-corrected chi connectivity index (χ2v) is 6.29. The molecule has 0 aliphatic carbocycles. The first-order chi connectivity index (χ1) is 12.5. The molecule has 0 aliphatic heterocycles. The van der Waals surface area contributed by atoms with Crippen molar-refractivity contribution < 1.29 is 29.0 Å². The molecule has 0 radical (unpaired) electrons. The second-order valence-electron chi connectivity index (χ2n) is 5.31. The highest BCUT2D eigenvalue weighted by molar-refractivity contribution is 7.98. The number of carbonyl (C=O) groups excluding carboxylic acids is 3. The van der Waals surface area contributed by atoms with Gasteiger partial charge in [0.1, 0.15) is 18.7 Å². The van der Waals surface area contributed by atoms with E-state index < -0.39 is 36.7 Å². The van der Waals surface area contributed by atoms with Crippen LogP contribution in [0.5, 0.6) is 0 Å². The predicted octanol–water partition coefficient (Wildman–Crippen LogP) is 0.685. The molecule has 0 bridgehead atoms. The van der Waals surface area contributed by atoms with Crippen molar-refractivity contribution in [3.63, 3.8) is 0 Å². The van der Waals surface area contributed by atoms with E-state index in [1.54, 1.807) is 12.1 Å². The van der Waals surface area contributed by atoms with Gasteiger partial charge in [-0.1, -0.05) is 30.3 Å². The maximum Gasteiger partial charge on any atom is 0.408 e. The average molecular weight is 384 g/mol. The summed E-state index contributed by atoms with van der Waals surface area (Å²) in [5.74, 6) is -0.646. The monoisotopic (exact) mass is 384 g/mol. The molecular formula is C17H24N2O6S. The summed E-state index contributed by atoms with van der Waals surface area (Å²) in [5.41, 5.74) is 0.787.